The molecule has 0 amide bonds. The molecule has 68 heavy (non-hydrogen) atoms. The third-order valence-electron chi connectivity index (χ3n) is 13.5. The minimum absolute atomic E-state index is 0.0521. The van der Waals surface area contributed by atoms with Crippen molar-refractivity contribution in [3.8, 4) is 84.3 Å². The fourth-order valence-corrected chi connectivity index (χ4v) is 10.5. The van der Waals surface area contributed by atoms with E-state index in [0.717, 1.165) is 33.2 Å². The minimum Gasteiger partial charge on any atom is -0.458 e. The number of nitrogens with zero attached hydrogens (tertiary/aromatic N) is 4. The highest BCUT2D eigenvalue weighted by Gasteiger charge is 2.36. The van der Waals surface area contributed by atoms with Crippen LogP contribution in [0.4, 0.5) is 0 Å². The molecule has 4 heterocycles. The Labute approximate surface area is 412 Å². The van der Waals surface area contributed by atoms with Crippen molar-refractivity contribution in [2.75, 3.05) is 0 Å². The molecule has 3 aromatic heterocycles. The zero-order valence-electron chi connectivity index (χ0n) is 49.5. The smallest absolute Gasteiger partial charge is 0.269 e. The molecule has 5 heteroatoms. The van der Waals surface area contributed by atoms with E-state index in [1.54, 1.807) is 45.5 Å². The van der Waals surface area contributed by atoms with Crippen molar-refractivity contribution >= 4 is 32.8 Å². The van der Waals surface area contributed by atoms with Crippen LogP contribution in [0.25, 0.3) is 106 Å². The highest BCUT2D eigenvalue weighted by molar-refractivity contribution is 6.09. The van der Waals surface area contributed by atoms with E-state index in [2.05, 4.69) is 67.2 Å². The second kappa shape index (κ2) is 14.6. The van der Waals surface area contributed by atoms with E-state index in [0.29, 0.717) is 28.2 Å². The van der Waals surface area contributed by atoms with Gasteiger partial charge in [0.2, 0.25) is 0 Å². The van der Waals surface area contributed by atoms with Crippen molar-refractivity contribution in [2.24, 2.45) is 0 Å². The molecule has 12 aromatic rings. The number of aromatic nitrogens is 4. The normalized spacial score (nSPS) is 15.6. The summed E-state index contributed by atoms with van der Waals surface area (Å²) in [6.07, 6.45) is 5.46. The van der Waals surface area contributed by atoms with Crippen LogP contribution >= 0.6 is 0 Å². The Hall–Kier alpha value is -8.80. The fourth-order valence-electron chi connectivity index (χ4n) is 10.5. The van der Waals surface area contributed by atoms with E-state index < -0.39 is 78.6 Å². The van der Waals surface area contributed by atoms with Crippen LogP contribution in [0.2, 0.25) is 0 Å². The highest BCUT2D eigenvalue weighted by atomic mass is 16.5. The van der Waals surface area contributed by atoms with Gasteiger partial charge in [0.05, 0.1) is 51.3 Å². The summed E-state index contributed by atoms with van der Waals surface area (Å²) in [6.45, 7) is 4.49. The summed E-state index contributed by atoms with van der Waals surface area (Å²) < 4.78 is 131. The van der Waals surface area contributed by atoms with E-state index in [1.807, 2.05) is 60.8 Å². The molecule has 0 saturated heterocycles. The maximum Gasteiger partial charge on any atom is 0.269 e. The molecule has 320 valence electrons. The van der Waals surface area contributed by atoms with Gasteiger partial charge in [-0.1, -0.05) is 177 Å². The van der Waals surface area contributed by atoms with Crippen LogP contribution in [0.1, 0.15) is 42.8 Å². The number of benzene rings is 9. The van der Waals surface area contributed by atoms with Crippen LogP contribution in [0.5, 0.6) is 11.5 Å². The number of pyridine rings is 1. The Morgan fingerprint density at radius 1 is 0.515 bits per heavy atom. The van der Waals surface area contributed by atoms with E-state index in [1.165, 1.54) is 16.7 Å². The van der Waals surface area contributed by atoms with Crippen LogP contribution in [0.15, 0.2) is 218 Å². The number of hydrogen-bond acceptors (Lipinski definition) is 2. The van der Waals surface area contributed by atoms with Crippen LogP contribution < -0.4 is 9.30 Å². The molecular formula is C63H42N4O. The maximum atomic E-state index is 9.57. The first-order chi connectivity index (χ1) is 38.9. The van der Waals surface area contributed by atoms with Gasteiger partial charge in [-0.15, -0.1) is 0 Å². The van der Waals surface area contributed by atoms with E-state index in [9.17, 15) is 8.22 Å². The Kier molecular flexibility index (Phi) is 5.93. The van der Waals surface area contributed by atoms with Gasteiger partial charge in [0.25, 0.3) is 6.33 Å². The Morgan fingerprint density at radius 3 is 1.99 bits per heavy atom. The molecule has 14 rings (SSSR count). The van der Waals surface area contributed by atoms with Gasteiger partial charge < -0.3 is 4.74 Å². The summed E-state index contributed by atoms with van der Waals surface area (Å²) >= 11 is 0. The summed E-state index contributed by atoms with van der Waals surface area (Å²) in [7, 11) is 0. The minimum atomic E-state index is -0.641. The zero-order chi connectivity index (χ0) is 56.4. The SMILES string of the molecule is [2H]c1c([2H])c([2H])c(-c2cccc3c2-[n+]2[c-]n(-c4cccc(Oc5ccc6c7ccccc7n(-c7cc8c(cn7)-c7ccccc7C8(C)C)c6c5)c4)c4cccc(c42)-c2c([2H])c([2H])c([2H])c([2H])c2-c2c([2H])c([2H])c([2H])c([2H])c2-3)c([2H])c1[2H]. The Bertz CT molecular complexity index is 4800. The van der Waals surface area contributed by atoms with Crippen LogP contribution in [-0.4, -0.2) is 14.1 Å². The van der Waals surface area contributed by atoms with Crippen molar-refractivity contribution in [3.05, 3.63) is 236 Å². The summed E-state index contributed by atoms with van der Waals surface area (Å²) in [4.78, 5) is 5.09. The predicted octanol–water partition coefficient (Wildman–Crippen LogP) is 15.3. The van der Waals surface area contributed by atoms with Crippen molar-refractivity contribution in [2.45, 2.75) is 19.3 Å². The first kappa shape index (κ1) is 27.6. The average molecular weight is 884 g/mol. The van der Waals surface area contributed by atoms with Gasteiger partial charge in [0.1, 0.15) is 17.3 Å². The lowest BCUT2D eigenvalue weighted by Gasteiger charge is -2.22. The number of rotatable bonds is 5. The Morgan fingerprint density at radius 2 is 1.15 bits per heavy atom. The van der Waals surface area contributed by atoms with Crippen LogP contribution in [0.3, 0.4) is 0 Å². The number of imidazole rings is 1. The molecule has 2 aliphatic rings. The van der Waals surface area contributed by atoms with Gasteiger partial charge in [-0.2, -0.15) is 0 Å². The van der Waals surface area contributed by atoms with Gasteiger partial charge >= 0.3 is 0 Å². The number of hydrogen-bond donors (Lipinski definition) is 0. The largest absolute Gasteiger partial charge is 0.458 e. The lowest BCUT2D eigenvalue weighted by molar-refractivity contribution is -0.570. The third-order valence-corrected chi connectivity index (χ3v) is 13.5. The standard InChI is InChI=1S/C63H42N4O/c1-63(2)55-30-12-10-25-49(55)54-38-64-60(37-56(54)63)67-57-31-13-11-26-50(57)51-34-33-43(36-59(51)67)68-42-20-14-19-41(35-42)65-39-66-61-44(40-17-4-3-5-18-40)27-15-28-52(61)47-23-8-6-21-45(47)46-22-7-9-24-48(46)53-29-16-32-58(65)62(53)66/h3-38H,1-2H3/i3D,4D,5D,6D,7D,8D,9D,17D,18D,21D,22D,23D,24D. The van der Waals surface area contributed by atoms with E-state index in [-0.39, 0.29) is 55.6 Å². The van der Waals surface area contributed by atoms with Crippen molar-refractivity contribution in [3.63, 3.8) is 0 Å². The number of para-hydroxylation sites is 3. The van der Waals surface area contributed by atoms with Crippen molar-refractivity contribution < 1.29 is 27.1 Å². The molecule has 0 atom stereocenters. The fraction of sp³-hybridized carbons (Fsp3) is 0.0476. The molecule has 0 unspecified atom stereocenters. The monoisotopic (exact) mass is 883 g/mol. The quantitative estimate of drug-likeness (QED) is 0.128. The molecule has 0 spiro atoms. The summed E-state index contributed by atoms with van der Waals surface area (Å²) in [5.74, 6) is 1.73. The molecule has 0 N–H and O–H groups in total. The highest BCUT2D eigenvalue weighted by Crippen LogP contribution is 2.50. The molecular weight excluding hydrogens is 829 g/mol. The third kappa shape index (κ3) is 5.63. The molecule has 0 fully saturated rings. The van der Waals surface area contributed by atoms with Crippen LogP contribution in [0, 0.1) is 6.33 Å². The lowest BCUT2D eigenvalue weighted by Crippen LogP contribution is -2.32. The van der Waals surface area contributed by atoms with Gasteiger partial charge in [-0.25, -0.2) is 4.98 Å². The number of fused-ring (bicyclic) bond motifs is 13. The van der Waals surface area contributed by atoms with Gasteiger partial charge in [0, 0.05) is 34.0 Å². The maximum absolute atomic E-state index is 9.57. The first-order valence-corrected chi connectivity index (χ1v) is 22.2. The first-order valence-electron chi connectivity index (χ1n) is 28.7. The van der Waals surface area contributed by atoms with Gasteiger partial charge in [-0.05, 0) is 104 Å². The van der Waals surface area contributed by atoms with Crippen LogP contribution in [-0.2, 0) is 5.41 Å². The van der Waals surface area contributed by atoms with Crippen molar-refractivity contribution in [1.82, 2.24) is 14.1 Å². The second-order valence-electron chi connectivity index (χ2n) is 17.5. The zero-order valence-corrected chi connectivity index (χ0v) is 36.5. The van der Waals surface area contributed by atoms with Gasteiger partial charge in [0.15, 0.2) is 0 Å². The summed E-state index contributed by atoms with van der Waals surface area (Å²) in [5, 5.41) is 2.05. The number of ether oxygens (including phenoxy) is 1. The molecule has 0 radical (unpaired) electrons. The van der Waals surface area contributed by atoms with E-state index >= 15 is 0 Å². The lowest BCUT2D eigenvalue weighted by atomic mass is 9.83. The molecule has 1 aliphatic heterocycles. The molecule has 9 aromatic carbocycles. The molecule has 5 nitrogen and oxygen atoms in total. The van der Waals surface area contributed by atoms with Crippen molar-refractivity contribution in [1.29, 1.82) is 0 Å². The topological polar surface area (TPSA) is 35.9 Å². The molecule has 1 aliphatic carbocycles. The average Bonchev–Trinajstić information content (AvgIpc) is 4.34. The predicted molar refractivity (Wildman–Crippen MR) is 275 cm³/mol. The van der Waals surface area contributed by atoms with Gasteiger partial charge in [-0.3, -0.25) is 13.7 Å². The molecule has 0 saturated carbocycles. The molecule has 0 bridgehead atoms. The summed E-state index contributed by atoms with van der Waals surface area (Å²) in [6, 6.07) is 34.5. The second-order valence-corrected chi connectivity index (χ2v) is 17.5. The van der Waals surface area contributed by atoms with E-state index in [4.69, 9.17) is 19.3 Å². The Balaban J connectivity index is 0.994. The summed E-state index contributed by atoms with van der Waals surface area (Å²) in [5.41, 5.74) is 7.32.